The molecule has 1 aliphatic rings. The molecule has 5 nitrogen and oxygen atoms in total. The van der Waals surface area contributed by atoms with Crippen molar-refractivity contribution in [2.75, 3.05) is 32.1 Å². The Hall–Kier alpha value is -1.58. The number of likely N-dealkylation sites (tertiary alicyclic amines) is 1. The van der Waals surface area contributed by atoms with Gasteiger partial charge in [-0.15, -0.1) is 0 Å². The fraction of sp³-hybridized carbons (Fsp3) is 0.333. The first-order valence-electron chi connectivity index (χ1n) is 9.33. The summed E-state index contributed by atoms with van der Waals surface area (Å²) >= 11 is 13.9. The zero-order valence-corrected chi connectivity index (χ0v) is 19.8. The number of hydrogen-bond acceptors (Lipinski definition) is 4. The van der Waals surface area contributed by atoms with Crippen LogP contribution in [0.25, 0.3) is 0 Å². The van der Waals surface area contributed by atoms with Crippen molar-refractivity contribution in [2.24, 2.45) is 0 Å². The van der Waals surface area contributed by atoms with Gasteiger partial charge in [-0.05, 0) is 66.1 Å². The second-order valence-corrected chi connectivity index (χ2v) is 8.62. The van der Waals surface area contributed by atoms with Gasteiger partial charge in [0.05, 0.1) is 21.4 Å². The van der Waals surface area contributed by atoms with Crippen molar-refractivity contribution in [3.8, 4) is 11.5 Å². The molecule has 0 atom stereocenters. The zero-order chi connectivity index (χ0) is 20.8. The first kappa shape index (κ1) is 22.1. The SMILES string of the molecule is COc1cc(C(=S)N2CCCCC2)cc(I)c1OCC(=O)Nc1ccccc1Cl. The van der Waals surface area contributed by atoms with E-state index in [4.69, 9.17) is 33.3 Å². The summed E-state index contributed by atoms with van der Waals surface area (Å²) in [5.74, 6) is 0.772. The monoisotopic (exact) mass is 544 g/mol. The molecule has 3 rings (SSSR count). The van der Waals surface area contributed by atoms with Crippen LogP contribution in [0.1, 0.15) is 24.8 Å². The Bertz CT molecular complexity index is 903. The van der Waals surface area contributed by atoms with Crippen molar-refractivity contribution in [1.29, 1.82) is 0 Å². The van der Waals surface area contributed by atoms with E-state index in [1.54, 1.807) is 31.4 Å². The Kier molecular flexibility index (Phi) is 7.97. The van der Waals surface area contributed by atoms with Gasteiger partial charge in [-0.1, -0.05) is 36.0 Å². The number of hydrogen-bond donors (Lipinski definition) is 1. The highest BCUT2D eigenvalue weighted by atomic mass is 127. The Morgan fingerprint density at radius 3 is 2.66 bits per heavy atom. The van der Waals surface area contributed by atoms with Gasteiger partial charge in [-0.25, -0.2) is 0 Å². The number of nitrogens with one attached hydrogen (secondary N) is 1. The van der Waals surface area contributed by atoms with Crippen LogP contribution in [-0.2, 0) is 4.79 Å². The third kappa shape index (κ3) is 5.73. The molecular weight excluding hydrogens is 523 g/mol. The molecule has 0 spiro atoms. The third-order valence-electron chi connectivity index (χ3n) is 4.62. The molecule has 0 aliphatic carbocycles. The van der Waals surface area contributed by atoms with Gasteiger partial charge in [0, 0.05) is 18.7 Å². The zero-order valence-electron chi connectivity index (χ0n) is 16.0. The maximum Gasteiger partial charge on any atom is 0.262 e. The maximum absolute atomic E-state index is 12.3. The van der Waals surface area contributed by atoms with Crippen LogP contribution in [-0.4, -0.2) is 42.6 Å². The number of amides is 1. The standard InChI is InChI=1S/C21H22ClIN2O3S/c1-27-18-12-14(21(29)25-9-5-2-6-10-25)11-16(23)20(18)28-13-19(26)24-17-8-4-3-7-15(17)22/h3-4,7-8,11-12H,2,5-6,9-10,13H2,1H3,(H,24,26). The fourth-order valence-corrected chi connectivity index (χ4v) is 4.39. The number of ether oxygens (including phenoxy) is 2. The predicted octanol–water partition coefficient (Wildman–Crippen LogP) is 5.13. The molecule has 0 saturated carbocycles. The minimum absolute atomic E-state index is 0.159. The second-order valence-electron chi connectivity index (χ2n) is 6.66. The van der Waals surface area contributed by atoms with E-state index in [9.17, 15) is 4.79 Å². The number of nitrogens with zero attached hydrogens (tertiary/aromatic N) is 1. The highest BCUT2D eigenvalue weighted by molar-refractivity contribution is 14.1. The predicted molar refractivity (Wildman–Crippen MR) is 128 cm³/mol. The number of piperidine rings is 1. The molecular formula is C21H22ClIN2O3S. The lowest BCUT2D eigenvalue weighted by molar-refractivity contribution is -0.118. The third-order valence-corrected chi connectivity index (χ3v) is 6.24. The van der Waals surface area contributed by atoms with Crippen LogP contribution in [0.3, 0.4) is 0 Å². The van der Waals surface area contributed by atoms with E-state index < -0.39 is 0 Å². The van der Waals surface area contributed by atoms with Gasteiger partial charge in [0.15, 0.2) is 18.1 Å². The second kappa shape index (κ2) is 10.4. The van der Waals surface area contributed by atoms with E-state index in [1.807, 2.05) is 12.1 Å². The lowest BCUT2D eigenvalue weighted by atomic mass is 10.1. The van der Waals surface area contributed by atoms with Crippen molar-refractivity contribution < 1.29 is 14.3 Å². The highest BCUT2D eigenvalue weighted by Crippen LogP contribution is 2.35. The smallest absolute Gasteiger partial charge is 0.262 e. The first-order valence-corrected chi connectivity index (χ1v) is 11.2. The maximum atomic E-state index is 12.3. The van der Waals surface area contributed by atoms with Crippen molar-refractivity contribution in [3.05, 3.63) is 50.6 Å². The van der Waals surface area contributed by atoms with Crippen LogP contribution in [0.4, 0.5) is 5.69 Å². The average Bonchev–Trinajstić information content (AvgIpc) is 2.74. The number of rotatable bonds is 6. The highest BCUT2D eigenvalue weighted by Gasteiger charge is 2.19. The van der Waals surface area contributed by atoms with Crippen molar-refractivity contribution >= 4 is 63.0 Å². The lowest BCUT2D eigenvalue weighted by Crippen LogP contribution is -2.35. The molecule has 2 aromatic carbocycles. The van der Waals surface area contributed by atoms with Gasteiger partial charge in [0.25, 0.3) is 5.91 Å². The van der Waals surface area contributed by atoms with Crippen LogP contribution in [0, 0.1) is 3.57 Å². The molecule has 29 heavy (non-hydrogen) atoms. The number of anilines is 1. The lowest BCUT2D eigenvalue weighted by Gasteiger charge is -2.29. The van der Waals surface area contributed by atoms with Gasteiger partial charge >= 0.3 is 0 Å². The molecule has 1 heterocycles. The van der Waals surface area contributed by atoms with E-state index in [-0.39, 0.29) is 12.5 Å². The summed E-state index contributed by atoms with van der Waals surface area (Å²) in [6, 6.07) is 10.9. The molecule has 154 valence electrons. The van der Waals surface area contributed by atoms with Crippen molar-refractivity contribution in [2.45, 2.75) is 19.3 Å². The van der Waals surface area contributed by atoms with Gasteiger partial charge in [-0.3, -0.25) is 4.79 Å². The molecule has 0 bridgehead atoms. The molecule has 1 N–H and O–H groups in total. The summed E-state index contributed by atoms with van der Waals surface area (Å²) in [6.45, 7) is 1.81. The van der Waals surface area contributed by atoms with Gasteiger partial charge in [-0.2, -0.15) is 0 Å². The Morgan fingerprint density at radius 1 is 1.24 bits per heavy atom. The van der Waals surface area contributed by atoms with Crippen LogP contribution in [0.2, 0.25) is 5.02 Å². The van der Waals surface area contributed by atoms with Crippen LogP contribution >= 0.6 is 46.4 Å². The molecule has 2 aromatic rings. The summed E-state index contributed by atoms with van der Waals surface area (Å²) in [7, 11) is 1.58. The quantitative estimate of drug-likeness (QED) is 0.404. The summed E-state index contributed by atoms with van der Waals surface area (Å²) in [4.78, 5) is 15.3. The molecule has 0 radical (unpaired) electrons. The van der Waals surface area contributed by atoms with Gasteiger partial charge in [0.1, 0.15) is 4.99 Å². The summed E-state index contributed by atoms with van der Waals surface area (Å²) in [5.41, 5.74) is 1.47. The van der Waals surface area contributed by atoms with Gasteiger partial charge in [0.2, 0.25) is 0 Å². The number of thiocarbonyl (C=S) groups is 1. The molecule has 1 fully saturated rings. The van der Waals surface area contributed by atoms with E-state index in [0.29, 0.717) is 22.2 Å². The summed E-state index contributed by atoms with van der Waals surface area (Å²) < 4.78 is 12.1. The van der Waals surface area contributed by atoms with Crippen LogP contribution in [0.15, 0.2) is 36.4 Å². The summed E-state index contributed by atoms with van der Waals surface area (Å²) in [6.07, 6.45) is 3.58. The first-order chi connectivity index (χ1) is 14.0. The molecule has 1 aliphatic heterocycles. The molecule has 0 aromatic heterocycles. The van der Waals surface area contributed by atoms with Crippen LogP contribution in [0.5, 0.6) is 11.5 Å². The van der Waals surface area contributed by atoms with E-state index in [0.717, 1.165) is 40.1 Å². The molecule has 8 heteroatoms. The number of benzene rings is 2. The Morgan fingerprint density at radius 2 is 1.97 bits per heavy atom. The number of halogens is 2. The van der Waals surface area contributed by atoms with Crippen molar-refractivity contribution in [3.63, 3.8) is 0 Å². The van der Waals surface area contributed by atoms with E-state index >= 15 is 0 Å². The Labute approximate surface area is 194 Å². The van der Waals surface area contributed by atoms with E-state index in [1.165, 1.54) is 6.42 Å². The largest absolute Gasteiger partial charge is 0.493 e. The normalized spacial score (nSPS) is 13.7. The molecule has 1 saturated heterocycles. The van der Waals surface area contributed by atoms with Gasteiger partial charge < -0.3 is 19.7 Å². The Balaban J connectivity index is 1.70. The minimum Gasteiger partial charge on any atom is -0.493 e. The number of methoxy groups -OCH3 is 1. The summed E-state index contributed by atoms with van der Waals surface area (Å²) in [5, 5.41) is 3.22. The number of carbonyl (C=O) groups excluding carboxylic acids is 1. The molecule has 0 unspecified atom stereocenters. The van der Waals surface area contributed by atoms with E-state index in [2.05, 4.69) is 32.8 Å². The topological polar surface area (TPSA) is 50.8 Å². The average molecular weight is 545 g/mol. The fourth-order valence-electron chi connectivity index (χ4n) is 3.15. The number of para-hydroxylation sites is 1. The molecule has 1 amide bonds. The van der Waals surface area contributed by atoms with Crippen LogP contribution < -0.4 is 14.8 Å². The number of carbonyl (C=O) groups is 1. The van der Waals surface area contributed by atoms with Crippen molar-refractivity contribution in [1.82, 2.24) is 4.90 Å². The minimum atomic E-state index is -0.302.